The number of carbonyl (C=O) groups is 2. The number of aryl methyl sites for hydroxylation is 1. The first-order valence-electron chi connectivity index (χ1n) is 11.7. The number of nitrogens with one attached hydrogen (secondary N) is 1. The zero-order valence-electron chi connectivity index (χ0n) is 21.4. The van der Waals surface area contributed by atoms with Crippen molar-refractivity contribution < 1.29 is 22.7 Å². The van der Waals surface area contributed by atoms with Crippen molar-refractivity contribution in [1.82, 2.24) is 10.2 Å². The summed E-state index contributed by atoms with van der Waals surface area (Å²) in [6.45, 7) is 7.87. The minimum Gasteiger partial charge on any atom is -0.497 e. The summed E-state index contributed by atoms with van der Waals surface area (Å²) in [7, 11) is -2.01. The van der Waals surface area contributed by atoms with Gasteiger partial charge in [-0.15, -0.1) is 0 Å². The molecular formula is C26H37N3O5S. The van der Waals surface area contributed by atoms with Crippen LogP contribution in [0.5, 0.6) is 5.75 Å². The van der Waals surface area contributed by atoms with E-state index in [1.165, 1.54) is 4.31 Å². The van der Waals surface area contributed by atoms with Gasteiger partial charge in [-0.1, -0.05) is 29.8 Å². The molecule has 1 atom stereocenters. The van der Waals surface area contributed by atoms with Crippen LogP contribution in [-0.2, 0) is 26.2 Å². The van der Waals surface area contributed by atoms with Gasteiger partial charge in [-0.05, 0) is 63.9 Å². The Balaban J connectivity index is 2.15. The molecule has 0 fully saturated rings. The van der Waals surface area contributed by atoms with E-state index in [1.54, 1.807) is 43.2 Å². The predicted molar refractivity (Wildman–Crippen MR) is 139 cm³/mol. The minimum atomic E-state index is -3.55. The predicted octanol–water partition coefficient (Wildman–Crippen LogP) is 3.49. The molecule has 1 N–H and O–H groups in total. The Morgan fingerprint density at radius 2 is 1.60 bits per heavy atom. The maximum Gasteiger partial charge on any atom is 0.242 e. The first-order chi connectivity index (χ1) is 16.4. The Kier molecular flexibility index (Phi) is 10.1. The molecule has 2 amide bonds. The lowest BCUT2D eigenvalue weighted by Gasteiger charge is -2.30. The van der Waals surface area contributed by atoms with Crippen LogP contribution in [-0.4, -0.2) is 57.1 Å². The van der Waals surface area contributed by atoms with Gasteiger partial charge in [0, 0.05) is 25.6 Å². The van der Waals surface area contributed by atoms with Crippen molar-refractivity contribution in [3.05, 3.63) is 59.7 Å². The highest BCUT2D eigenvalue weighted by atomic mass is 32.2. The third-order valence-corrected chi connectivity index (χ3v) is 6.78. The van der Waals surface area contributed by atoms with Crippen molar-refractivity contribution in [2.75, 3.05) is 24.2 Å². The molecule has 2 rings (SSSR count). The number of carbonyl (C=O) groups excluding carboxylic acids is 2. The summed E-state index contributed by atoms with van der Waals surface area (Å²) in [5.41, 5.74) is 2.53. The molecule has 0 aliphatic carbocycles. The average molecular weight is 504 g/mol. The maximum atomic E-state index is 13.3. The topological polar surface area (TPSA) is 96.0 Å². The third kappa shape index (κ3) is 8.58. The standard InChI is InChI=1S/C26H37N3O5S/c1-19(2)27-26(31)21(4)28(18-22-11-9-20(3)10-12-22)25(30)8-7-17-29(35(6,32)33)23-13-15-24(34-5)16-14-23/h9-16,19,21H,7-8,17-18H2,1-6H3,(H,27,31)/t21-/m0/s1. The molecule has 2 aromatic rings. The quantitative estimate of drug-likeness (QED) is 0.478. The van der Waals surface area contributed by atoms with Crippen molar-refractivity contribution in [3.8, 4) is 5.75 Å². The fourth-order valence-electron chi connectivity index (χ4n) is 3.63. The van der Waals surface area contributed by atoms with E-state index in [0.29, 0.717) is 24.4 Å². The van der Waals surface area contributed by atoms with E-state index in [-0.39, 0.29) is 30.8 Å². The van der Waals surface area contributed by atoms with Crippen molar-refractivity contribution >= 4 is 27.5 Å². The fourth-order valence-corrected chi connectivity index (χ4v) is 4.60. The number of nitrogens with zero attached hydrogens (tertiary/aromatic N) is 2. The number of hydrogen-bond acceptors (Lipinski definition) is 5. The van der Waals surface area contributed by atoms with Gasteiger partial charge in [-0.25, -0.2) is 8.42 Å². The van der Waals surface area contributed by atoms with Gasteiger partial charge in [-0.3, -0.25) is 13.9 Å². The molecule has 0 bridgehead atoms. The van der Waals surface area contributed by atoms with E-state index in [0.717, 1.165) is 17.4 Å². The van der Waals surface area contributed by atoms with Gasteiger partial charge in [0.25, 0.3) is 0 Å². The summed E-state index contributed by atoms with van der Waals surface area (Å²) < 4.78 is 31.2. The minimum absolute atomic E-state index is 0.0471. The van der Waals surface area contributed by atoms with E-state index in [2.05, 4.69) is 5.32 Å². The molecule has 0 saturated carbocycles. The number of benzene rings is 2. The zero-order chi connectivity index (χ0) is 26.2. The van der Waals surface area contributed by atoms with E-state index in [4.69, 9.17) is 4.74 Å². The zero-order valence-corrected chi connectivity index (χ0v) is 22.3. The van der Waals surface area contributed by atoms with Gasteiger partial charge >= 0.3 is 0 Å². The van der Waals surface area contributed by atoms with E-state index in [9.17, 15) is 18.0 Å². The summed E-state index contributed by atoms with van der Waals surface area (Å²) in [6.07, 6.45) is 1.55. The smallest absolute Gasteiger partial charge is 0.242 e. The second-order valence-electron chi connectivity index (χ2n) is 8.98. The fraction of sp³-hybridized carbons (Fsp3) is 0.462. The number of methoxy groups -OCH3 is 1. The molecule has 2 aromatic carbocycles. The Morgan fingerprint density at radius 1 is 1.00 bits per heavy atom. The Hall–Kier alpha value is -3.07. The Morgan fingerprint density at radius 3 is 2.11 bits per heavy atom. The number of rotatable bonds is 12. The lowest BCUT2D eigenvalue weighted by Crippen LogP contribution is -2.49. The molecule has 0 unspecified atom stereocenters. The van der Waals surface area contributed by atoms with Crippen LogP contribution in [0.4, 0.5) is 5.69 Å². The molecule has 35 heavy (non-hydrogen) atoms. The van der Waals surface area contributed by atoms with Gasteiger partial charge in [-0.2, -0.15) is 0 Å². The monoisotopic (exact) mass is 503 g/mol. The number of anilines is 1. The van der Waals surface area contributed by atoms with Crippen LogP contribution in [0.1, 0.15) is 44.7 Å². The molecule has 0 spiro atoms. The largest absolute Gasteiger partial charge is 0.497 e. The number of ether oxygens (including phenoxy) is 1. The highest BCUT2D eigenvalue weighted by Gasteiger charge is 2.27. The summed E-state index contributed by atoms with van der Waals surface area (Å²) >= 11 is 0. The third-order valence-electron chi connectivity index (χ3n) is 5.58. The van der Waals surface area contributed by atoms with Crippen molar-refractivity contribution in [2.45, 2.75) is 59.2 Å². The van der Waals surface area contributed by atoms with Crippen LogP contribution < -0.4 is 14.4 Å². The first kappa shape index (κ1) is 28.2. The number of amides is 2. The van der Waals surface area contributed by atoms with Gasteiger partial charge in [0.2, 0.25) is 21.8 Å². The molecule has 0 aromatic heterocycles. The second kappa shape index (κ2) is 12.6. The van der Waals surface area contributed by atoms with Crippen molar-refractivity contribution in [2.24, 2.45) is 0 Å². The summed E-state index contributed by atoms with van der Waals surface area (Å²) in [5, 5.41) is 2.87. The van der Waals surface area contributed by atoms with Crippen molar-refractivity contribution in [3.63, 3.8) is 0 Å². The lowest BCUT2D eigenvalue weighted by molar-refractivity contribution is -0.140. The molecule has 9 heteroatoms. The van der Waals surface area contributed by atoms with E-state index in [1.807, 2.05) is 45.0 Å². The number of hydrogen-bond donors (Lipinski definition) is 1. The van der Waals surface area contributed by atoms with Crippen LogP contribution in [0, 0.1) is 6.92 Å². The summed E-state index contributed by atoms with van der Waals surface area (Å²) in [6, 6.07) is 13.8. The van der Waals surface area contributed by atoms with Crippen LogP contribution >= 0.6 is 0 Å². The number of sulfonamides is 1. The van der Waals surface area contributed by atoms with Crippen LogP contribution in [0.3, 0.4) is 0 Å². The van der Waals surface area contributed by atoms with Gasteiger partial charge in [0.05, 0.1) is 19.1 Å². The summed E-state index contributed by atoms with van der Waals surface area (Å²) in [5.74, 6) is 0.189. The molecule has 192 valence electrons. The Labute approximate surface area is 209 Å². The first-order valence-corrected chi connectivity index (χ1v) is 13.5. The highest BCUT2D eigenvalue weighted by Crippen LogP contribution is 2.22. The van der Waals surface area contributed by atoms with Crippen LogP contribution in [0.15, 0.2) is 48.5 Å². The van der Waals surface area contributed by atoms with E-state index < -0.39 is 16.1 Å². The lowest BCUT2D eigenvalue weighted by atomic mass is 10.1. The van der Waals surface area contributed by atoms with Crippen LogP contribution in [0.2, 0.25) is 0 Å². The molecule has 0 heterocycles. The molecule has 8 nitrogen and oxygen atoms in total. The molecule has 0 aliphatic heterocycles. The van der Waals surface area contributed by atoms with Gasteiger partial charge < -0.3 is 15.0 Å². The van der Waals surface area contributed by atoms with Crippen molar-refractivity contribution in [1.29, 1.82) is 0 Å². The van der Waals surface area contributed by atoms with Gasteiger partial charge in [0.1, 0.15) is 11.8 Å². The molecule has 0 saturated heterocycles. The van der Waals surface area contributed by atoms with E-state index >= 15 is 0 Å². The Bertz CT molecular complexity index is 1080. The normalized spacial score (nSPS) is 12.2. The highest BCUT2D eigenvalue weighted by molar-refractivity contribution is 7.92. The second-order valence-corrected chi connectivity index (χ2v) is 10.9. The van der Waals surface area contributed by atoms with Gasteiger partial charge in [0.15, 0.2) is 0 Å². The molecule has 0 aliphatic rings. The molecule has 0 radical (unpaired) electrons. The average Bonchev–Trinajstić information content (AvgIpc) is 2.79. The summed E-state index contributed by atoms with van der Waals surface area (Å²) in [4.78, 5) is 27.5. The molecular weight excluding hydrogens is 466 g/mol. The maximum absolute atomic E-state index is 13.3. The van der Waals surface area contributed by atoms with Crippen LogP contribution in [0.25, 0.3) is 0 Å². The SMILES string of the molecule is COc1ccc(N(CCCC(=O)N(Cc2ccc(C)cc2)[C@@H](C)C(=O)NC(C)C)S(C)(=O)=O)cc1.